The average Bonchev–Trinajstić information content (AvgIpc) is 3.06. The molecular weight excluding hydrogens is 617 g/mol. The molecule has 0 bridgehead atoms. The van der Waals surface area contributed by atoms with E-state index in [9.17, 15) is 4.79 Å². The second-order valence-corrected chi connectivity index (χ2v) is 12.1. The Morgan fingerprint density at radius 1 is 0.886 bits per heavy atom. The van der Waals surface area contributed by atoms with Crippen LogP contribution in [-0.4, -0.2) is 74.8 Å². The first-order chi connectivity index (χ1) is 21.3. The third-order valence-corrected chi connectivity index (χ3v) is 8.97. The molecule has 1 aliphatic heterocycles. The van der Waals surface area contributed by atoms with Gasteiger partial charge in [0.05, 0.1) is 24.9 Å². The Hall–Kier alpha value is -3.66. The van der Waals surface area contributed by atoms with Crippen molar-refractivity contribution in [3.8, 4) is 11.5 Å². The van der Waals surface area contributed by atoms with Gasteiger partial charge < -0.3 is 24.2 Å². The molecule has 1 aliphatic rings. The van der Waals surface area contributed by atoms with E-state index in [0.29, 0.717) is 46.2 Å². The maximum absolute atomic E-state index is 13.3. The molecule has 0 atom stereocenters. The van der Waals surface area contributed by atoms with Crippen molar-refractivity contribution < 1.29 is 14.3 Å². The summed E-state index contributed by atoms with van der Waals surface area (Å²) in [5.41, 5.74) is 3.83. The SMILES string of the molecule is COc1ccc(CCN(C)c2cc(Cl)nc(SCc3cccc(C(=O)N4CCN(c5ccccc5Cl)CC4)c3)n2)cc1OC. The summed E-state index contributed by atoms with van der Waals surface area (Å²) < 4.78 is 10.8. The van der Waals surface area contributed by atoms with E-state index in [0.717, 1.165) is 53.7 Å². The van der Waals surface area contributed by atoms with E-state index in [-0.39, 0.29) is 5.91 Å². The normalized spacial score (nSPS) is 13.1. The van der Waals surface area contributed by atoms with Crippen molar-refractivity contribution in [1.29, 1.82) is 0 Å². The van der Waals surface area contributed by atoms with E-state index in [1.807, 2.05) is 78.7 Å². The first-order valence-electron chi connectivity index (χ1n) is 14.3. The molecule has 8 nitrogen and oxygen atoms in total. The van der Waals surface area contributed by atoms with Crippen LogP contribution in [0.4, 0.5) is 11.5 Å². The van der Waals surface area contributed by atoms with Gasteiger partial charge >= 0.3 is 0 Å². The number of amides is 1. The monoisotopic (exact) mass is 651 g/mol. The molecular formula is C33H35Cl2N5O3S. The lowest BCUT2D eigenvalue weighted by Gasteiger charge is -2.36. The summed E-state index contributed by atoms with van der Waals surface area (Å²) in [6.45, 7) is 3.48. The second kappa shape index (κ2) is 14.9. The number of carbonyl (C=O) groups is 1. The number of rotatable bonds is 11. The van der Waals surface area contributed by atoms with Gasteiger partial charge in [-0.1, -0.05) is 65.3 Å². The van der Waals surface area contributed by atoms with Gasteiger partial charge in [0.2, 0.25) is 0 Å². The number of hydrogen-bond acceptors (Lipinski definition) is 8. The summed E-state index contributed by atoms with van der Waals surface area (Å²) in [7, 11) is 5.24. The lowest BCUT2D eigenvalue weighted by Crippen LogP contribution is -2.48. The van der Waals surface area contributed by atoms with Crippen LogP contribution >= 0.6 is 35.0 Å². The zero-order valence-corrected chi connectivity index (χ0v) is 27.3. The molecule has 3 aromatic carbocycles. The quantitative estimate of drug-likeness (QED) is 0.100. The summed E-state index contributed by atoms with van der Waals surface area (Å²) in [5, 5.41) is 1.70. The lowest BCUT2D eigenvalue weighted by atomic mass is 10.1. The molecule has 5 rings (SSSR count). The highest BCUT2D eigenvalue weighted by Gasteiger charge is 2.23. The number of piperazine rings is 1. The number of nitrogens with zero attached hydrogens (tertiary/aromatic N) is 5. The predicted molar refractivity (Wildman–Crippen MR) is 179 cm³/mol. The van der Waals surface area contributed by atoms with Gasteiger partial charge in [-0.2, -0.15) is 0 Å². The number of anilines is 2. The summed E-state index contributed by atoms with van der Waals surface area (Å²) in [6.07, 6.45) is 0.789. The van der Waals surface area contributed by atoms with Gasteiger partial charge in [-0.3, -0.25) is 4.79 Å². The van der Waals surface area contributed by atoms with Crippen molar-refractivity contribution >= 4 is 52.4 Å². The van der Waals surface area contributed by atoms with Crippen molar-refractivity contribution in [3.63, 3.8) is 0 Å². The first-order valence-corrected chi connectivity index (χ1v) is 16.1. The number of thioether (sulfide) groups is 1. The molecule has 1 amide bonds. The topological polar surface area (TPSA) is 71.0 Å². The third-order valence-electron chi connectivity index (χ3n) is 7.54. The number of para-hydroxylation sites is 1. The smallest absolute Gasteiger partial charge is 0.253 e. The van der Waals surface area contributed by atoms with Crippen LogP contribution in [0.15, 0.2) is 78.0 Å². The van der Waals surface area contributed by atoms with Crippen LogP contribution in [0.1, 0.15) is 21.5 Å². The second-order valence-electron chi connectivity index (χ2n) is 10.4. The predicted octanol–water partition coefficient (Wildman–Crippen LogP) is 6.73. The van der Waals surface area contributed by atoms with E-state index >= 15 is 0 Å². The Kier molecular flexibility index (Phi) is 10.7. The highest BCUT2D eigenvalue weighted by atomic mass is 35.5. The first kappa shape index (κ1) is 31.8. The Balaban J connectivity index is 1.17. The van der Waals surface area contributed by atoms with Crippen LogP contribution in [0.3, 0.4) is 0 Å². The van der Waals surface area contributed by atoms with Gasteiger partial charge in [0.1, 0.15) is 11.0 Å². The number of carbonyl (C=O) groups excluding carboxylic acids is 1. The van der Waals surface area contributed by atoms with Crippen LogP contribution in [0.2, 0.25) is 10.2 Å². The molecule has 0 N–H and O–H groups in total. The fourth-order valence-electron chi connectivity index (χ4n) is 5.08. The van der Waals surface area contributed by atoms with Crippen LogP contribution < -0.4 is 19.3 Å². The number of benzene rings is 3. The Bertz CT molecular complexity index is 1600. The number of ether oxygens (including phenoxy) is 2. The largest absolute Gasteiger partial charge is 0.493 e. The summed E-state index contributed by atoms with van der Waals surface area (Å²) >= 11 is 14.3. The maximum atomic E-state index is 13.3. The molecule has 230 valence electrons. The molecule has 0 unspecified atom stereocenters. The standard InChI is InChI=1S/C33H35Cl2N5O3S/c1-38(14-13-23-11-12-28(42-2)29(20-23)43-3)31-21-30(35)36-33(37-31)44-22-24-7-6-8-25(19-24)32(41)40-17-15-39(16-18-40)27-10-5-4-9-26(27)34/h4-12,19-21H,13-18,22H2,1-3H3. The Labute approximate surface area is 272 Å². The molecule has 1 fully saturated rings. The van der Waals surface area contributed by atoms with E-state index in [4.69, 9.17) is 37.7 Å². The molecule has 4 aromatic rings. The molecule has 1 saturated heterocycles. The molecule has 1 aromatic heterocycles. The number of hydrogen-bond donors (Lipinski definition) is 0. The Morgan fingerprint density at radius 2 is 1.66 bits per heavy atom. The molecule has 2 heterocycles. The fourth-order valence-corrected chi connectivity index (χ4v) is 6.36. The van der Waals surface area contributed by atoms with Gasteiger partial charge in [-0.25, -0.2) is 9.97 Å². The number of halogens is 2. The maximum Gasteiger partial charge on any atom is 0.253 e. The minimum atomic E-state index is 0.0352. The van der Waals surface area contributed by atoms with E-state index in [2.05, 4.69) is 14.8 Å². The minimum absolute atomic E-state index is 0.0352. The van der Waals surface area contributed by atoms with Gasteiger partial charge in [0.25, 0.3) is 5.91 Å². The van der Waals surface area contributed by atoms with Crippen LogP contribution in [0.5, 0.6) is 11.5 Å². The van der Waals surface area contributed by atoms with E-state index < -0.39 is 0 Å². The summed E-state index contributed by atoms with van der Waals surface area (Å²) in [6, 6.07) is 23.3. The van der Waals surface area contributed by atoms with Gasteiger partial charge in [-0.05, 0) is 53.9 Å². The zero-order valence-electron chi connectivity index (χ0n) is 25.0. The summed E-state index contributed by atoms with van der Waals surface area (Å²) in [5.74, 6) is 2.80. The van der Waals surface area contributed by atoms with Crippen molar-refractivity contribution in [2.24, 2.45) is 0 Å². The Morgan fingerprint density at radius 3 is 2.41 bits per heavy atom. The number of likely N-dealkylation sites (N-methyl/N-ethyl adjacent to an activating group) is 1. The van der Waals surface area contributed by atoms with Gasteiger partial charge in [0, 0.05) is 57.2 Å². The highest BCUT2D eigenvalue weighted by molar-refractivity contribution is 7.98. The number of methoxy groups -OCH3 is 2. The van der Waals surface area contributed by atoms with E-state index in [1.54, 1.807) is 20.3 Å². The van der Waals surface area contributed by atoms with Crippen LogP contribution in [0, 0.1) is 0 Å². The van der Waals surface area contributed by atoms with Crippen LogP contribution in [0.25, 0.3) is 0 Å². The van der Waals surface area contributed by atoms with E-state index in [1.165, 1.54) is 11.8 Å². The molecule has 44 heavy (non-hydrogen) atoms. The number of aromatic nitrogens is 2. The fraction of sp³-hybridized carbons (Fsp3) is 0.303. The van der Waals surface area contributed by atoms with Crippen molar-refractivity contribution in [2.45, 2.75) is 17.3 Å². The van der Waals surface area contributed by atoms with Crippen molar-refractivity contribution in [3.05, 3.63) is 99.7 Å². The third kappa shape index (κ3) is 7.88. The molecule has 11 heteroatoms. The van der Waals surface area contributed by atoms with Crippen molar-refractivity contribution in [2.75, 3.05) is 63.8 Å². The lowest BCUT2D eigenvalue weighted by molar-refractivity contribution is 0.0746. The molecule has 0 spiro atoms. The highest BCUT2D eigenvalue weighted by Crippen LogP contribution is 2.29. The molecule has 0 saturated carbocycles. The molecule has 0 radical (unpaired) electrons. The average molecular weight is 653 g/mol. The van der Waals surface area contributed by atoms with Crippen molar-refractivity contribution in [1.82, 2.24) is 14.9 Å². The zero-order chi connectivity index (χ0) is 31.1. The summed E-state index contributed by atoms with van der Waals surface area (Å²) in [4.78, 5) is 28.7. The van der Waals surface area contributed by atoms with Crippen LogP contribution in [-0.2, 0) is 12.2 Å². The van der Waals surface area contributed by atoms with Gasteiger partial charge in [-0.15, -0.1) is 0 Å². The van der Waals surface area contributed by atoms with Gasteiger partial charge in [0.15, 0.2) is 16.7 Å². The minimum Gasteiger partial charge on any atom is -0.493 e. The molecule has 0 aliphatic carbocycles.